The fourth-order valence-corrected chi connectivity index (χ4v) is 4.00. The first-order valence-electron chi connectivity index (χ1n) is 8.96. The quantitative estimate of drug-likeness (QED) is 0.496. The lowest BCUT2D eigenvalue weighted by molar-refractivity contribution is 0.0784. The molecule has 0 aliphatic rings. The maximum Gasteiger partial charge on any atom is 0.255 e. The van der Waals surface area contributed by atoms with Crippen LogP contribution in [-0.4, -0.2) is 34.9 Å². The number of hydrogen-bond acceptors (Lipinski definition) is 5. The number of thiazole rings is 1. The Morgan fingerprint density at radius 1 is 0.964 bits per heavy atom. The molecule has 6 heteroatoms. The highest BCUT2D eigenvalue weighted by Crippen LogP contribution is 2.24. The van der Waals surface area contributed by atoms with Crippen LogP contribution in [0, 0.1) is 0 Å². The maximum absolute atomic E-state index is 12.8. The van der Waals surface area contributed by atoms with E-state index in [1.54, 1.807) is 29.5 Å². The molecule has 140 valence electrons. The SMILES string of the molecule is CN(Cc1nc2ccccc2s1)C(=O)c1ccc(N(C)c2ccccc2)nc1. The first-order chi connectivity index (χ1) is 13.6. The number of hydrogen-bond donors (Lipinski definition) is 0. The molecule has 2 heterocycles. The Morgan fingerprint density at radius 2 is 1.71 bits per heavy atom. The molecule has 4 rings (SSSR count). The lowest BCUT2D eigenvalue weighted by atomic mass is 10.2. The van der Waals surface area contributed by atoms with Crippen LogP contribution in [0.1, 0.15) is 15.4 Å². The molecule has 4 aromatic rings. The van der Waals surface area contributed by atoms with E-state index in [1.807, 2.05) is 78.7 Å². The zero-order chi connectivity index (χ0) is 19.5. The molecule has 2 aromatic heterocycles. The standard InChI is InChI=1S/C22H20N4OS/c1-25(15-21-24-18-10-6-7-11-19(18)28-21)22(27)16-12-13-20(23-14-16)26(2)17-8-4-3-5-9-17/h3-14H,15H2,1-2H3. The molecular weight excluding hydrogens is 368 g/mol. The number of amides is 1. The van der Waals surface area contributed by atoms with Crippen LogP contribution in [0.25, 0.3) is 10.2 Å². The van der Waals surface area contributed by atoms with Gasteiger partial charge in [-0.25, -0.2) is 9.97 Å². The largest absolute Gasteiger partial charge is 0.335 e. The molecule has 0 atom stereocenters. The number of rotatable bonds is 5. The van der Waals surface area contributed by atoms with E-state index in [9.17, 15) is 4.79 Å². The molecular formula is C22H20N4OS. The number of aromatic nitrogens is 2. The van der Waals surface area contributed by atoms with Gasteiger partial charge in [0.25, 0.3) is 5.91 Å². The van der Waals surface area contributed by atoms with E-state index < -0.39 is 0 Å². The second kappa shape index (κ2) is 7.78. The summed E-state index contributed by atoms with van der Waals surface area (Å²) in [6.45, 7) is 0.476. The van der Waals surface area contributed by atoms with Crippen molar-refractivity contribution in [3.8, 4) is 0 Å². The molecule has 0 saturated heterocycles. The predicted octanol–water partition coefficient (Wildman–Crippen LogP) is 4.73. The van der Waals surface area contributed by atoms with Crippen molar-refractivity contribution in [3.05, 3.63) is 83.5 Å². The number of pyridine rings is 1. The van der Waals surface area contributed by atoms with Gasteiger partial charge in [0, 0.05) is 26.0 Å². The van der Waals surface area contributed by atoms with Gasteiger partial charge in [-0.2, -0.15) is 0 Å². The molecule has 0 spiro atoms. The van der Waals surface area contributed by atoms with Crippen molar-refractivity contribution < 1.29 is 4.79 Å². The second-order valence-electron chi connectivity index (χ2n) is 6.54. The Labute approximate surface area is 167 Å². The van der Waals surface area contributed by atoms with Gasteiger partial charge in [-0.3, -0.25) is 4.79 Å². The van der Waals surface area contributed by atoms with Gasteiger partial charge in [-0.15, -0.1) is 11.3 Å². The molecule has 0 unspecified atom stereocenters. The number of carbonyl (C=O) groups is 1. The lowest BCUT2D eigenvalue weighted by Crippen LogP contribution is -2.26. The van der Waals surface area contributed by atoms with Crippen LogP contribution < -0.4 is 4.90 Å². The number of fused-ring (bicyclic) bond motifs is 1. The summed E-state index contributed by atoms with van der Waals surface area (Å²) in [5, 5.41) is 0.922. The molecule has 0 aliphatic carbocycles. The molecule has 2 aromatic carbocycles. The molecule has 0 saturated carbocycles. The summed E-state index contributed by atoms with van der Waals surface area (Å²) in [6, 6.07) is 21.7. The van der Waals surface area contributed by atoms with Gasteiger partial charge in [0.2, 0.25) is 0 Å². The molecule has 0 fully saturated rings. The number of para-hydroxylation sites is 2. The van der Waals surface area contributed by atoms with E-state index in [0.717, 1.165) is 26.7 Å². The van der Waals surface area contributed by atoms with Crippen molar-refractivity contribution in [1.82, 2.24) is 14.9 Å². The normalized spacial score (nSPS) is 10.8. The summed E-state index contributed by atoms with van der Waals surface area (Å²) in [6.07, 6.45) is 1.63. The van der Waals surface area contributed by atoms with Gasteiger partial charge in [-0.05, 0) is 36.4 Å². The molecule has 0 radical (unpaired) electrons. The van der Waals surface area contributed by atoms with Crippen molar-refractivity contribution in [1.29, 1.82) is 0 Å². The number of carbonyl (C=O) groups excluding carboxylic acids is 1. The molecule has 1 amide bonds. The summed E-state index contributed by atoms with van der Waals surface area (Å²) in [7, 11) is 3.75. The summed E-state index contributed by atoms with van der Waals surface area (Å²) < 4.78 is 1.13. The van der Waals surface area contributed by atoms with Crippen molar-refractivity contribution in [2.45, 2.75) is 6.54 Å². The summed E-state index contributed by atoms with van der Waals surface area (Å²) in [5.74, 6) is 0.720. The van der Waals surface area contributed by atoms with E-state index in [-0.39, 0.29) is 5.91 Å². The molecule has 28 heavy (non-hydrogen) atoms. The van der Waals surface area contributed by atoms with Crippen molar-refractivity contribution >= 4 is 39.0 Å². The van der Waals surface area contributed by atoms with Gasteiger partial charge in [0.15, 0.2) is 0 Å². The topological polar surface area (TPSA) is 49.3 Å². The Morgan fingerprint density at radius 3 is 2.43 bits per heavy atom. The smallest absolute Gasteiger partial charge is 0.255 e. The summed E-state index contributed by atoms with van der Waals surface area (Å²) in [5.41, 5.74) is 2.58. The zero-order valence-electron chi connectivity index (χ0n) is 15.7. The monoisotopic (exact) mass is 388 g/mol. The van der Waals surface area contributed by atoms with Gasteiger partial charge in [0.05, 0.1) is 22.3 Å². The van der Waals surface area contributed by atoms with Gasteiger partial charge in [-0.1, -0.05) is 30.3 Å². The van der Waals surface area contributed by atoms with Crippen LogP contribution in [0.4, 0.5) is 11.5 Å². The van der Waals surface area contributed by atoms with Gasteiger partial charge < -0.3 is 9.80 Å². The van der Waals surface area contributed by atoms with Crippen LogP contribution in [-0.2, 0) is 6.54 Å². The fourth-order valence-electron chi connectivity index (χ4n) is 2.98. The molecule has 0 bridgehead atoms. The third kappa shape index (κ3) is 3.73. The summed E-state index contributed by atoms with van der Waals surface area (Å²) in [4.78, 5) is 25.5. The van der Waals surface area contributed by atoms with Crippen LogP contribution in [0.5, 0.6) is 0 Å². The Kier molecular flexibility index (Phi) is 5.04. The molecule has 0 aliphatic heterocycles. The molecule has 5 nitrogen and oxygen atoms in total. The second-order valence-corrected chi connectivity index (χ2v) is 7.65. The highest BCUT2D eigenvalue weighted by atomic mass is 32.1. The highest BCUT2D eigenvalue weighted by molar-refractivity contribution is 7.18. The first kappa shape index (κ1) is 18.1. The van der Waals surface area contributed by atoms with E-state index in [2.05, 4.69) is 9.97 Å². The highest BCUT2D eigenvalue weighted by Gasteiger charge is 2.15. The number of benzene rings is 2. The minimum Gasteiger partial charge on any atom is -0.335 e. The predicted molar refractivity (Wildman–Crippen MR) is 114 cm³/mol. The molecule has 0 N–H and O–H groups in total. The van der Waals surface area contributed by atoms with Crippen LogP contribution >= 0.6 is 11.3 Å². The van der Waals surface area contributed by atoms with E-state index in [4.69, 9.17) is 0 Å². The lowest BCUT2D eigenvalue weighted by Gasteiger charge is -2.19. The first-order valence-corrected chi connectivity index (χ1v) is 9.78. The Balaban J connectivity index is 1.46. The number of nitrogens with zero attached hydrogens (tertiary/aromatic N) is 4. The van der Waals surface area contributed by atoms with Crippen molar-refractivity contribution in [3.63, 3.8) is 0 Å². The van der Waals surface area contributed by atoms with Crippen LogP contribution in [0.2, 0.25) is 0 Å². The van der Waals surface area contributed by atoms with E-state index >= 15 is 0 Å². The van der Waals surface area contributed by atoms with E-state index in [0.29, 0.717) is 12.1 Å². The van der Waals surface area contributed by atoms with Gasteiger partial charge in [0.1, 0.15) is 10.8 Å². The van der Waals surface area contributed by atoms with E-state index in [1.165, 1.54) is 0 Å². The Hall–Kier alpha value is -3.25. The van der Waals surface area contributed by atoms with Crippen molar-refractivity contribution in [2.75, 3.05) is 19.0 Å². The Bertz CT molecular complexity index is 1060. The average molecular weight is 388 g/mol. The summed E-state index contributed by atoms with van der Waals surface area (Å²) >= 11 is 1.61. The minimum absolute atomic E-state index is 0.0688. The minimum atomic E-state index is -0.0688. The third-order valence-electron chi connectivity index (χ3n) is 4.54. The average Bonchev–Trinajstić information content (AvgIpc) is 3.15. The third-order valence-corrected chi connectivity index (χ3v) is 5.56. The van der Waals surface area contributed by atoms with Crippen molar-refractivity contribution in [2.24, 2.45) is 0 Å². The fraction of sp³-hybridized carbons (Fsp3) is 0.136. The maximum atomic E-state index is 12.8. The zero-order valence-corrected chi connectivity index (χ0v) is 16.6. The van der Waals surface area contributed by atoms with Crippen LogP contribution in [0.15, 0.2) is 72.9 Å². The van der Waals surface area contributed by atoms with Gasteiger partial charge >= 0.3 is 0 Å². The van der Waals surface area contributed by atoms with Crippen LogP contribution in [0.3, 0.4) is 0 Å². The number of anilines is 2.